The Bertz CT molecular complexity index is 727. The van der Waals surface area contributed by atoms with E-state index in [0.29, 0.717) is 34.6 Å². The van der Waals surface area contributed by atoms with Crippen molar-refractivity contribution in [2.45, 2.75) is 13.2 Å². The predicted molar refractivity (Wildman–Crippen MR) is 113 cm³/mol. The third-order valence-corrected chi connectivity index (χ3v) is 5.30. The number of rotatable bonds is 11. The molecule has 0 unspecified atom stereocenters. The van der Waals surface area contributed by atoms with Gasteiger partial charge in [-0.2, -0.15) is 0 Å². The summed E-state index contributed by atoms with van der Waals surface area (Å²) in [6.45, 7) is 3.24. The first-order valence-corrected chi connectivity index (χ1v) is 10.1. The molecule has 2 aromatic carbocycles. The second-order valence-corrected chi connectivity index (χ2v) is 7.40. The first-order valence-electron chi connectivity index (χ1n) is 8.51. The Kier molecular flexibility index (Phi) is 9.68. The fraction of sp³-hybridized carbons (Fsp3) is 0.368. The van der Waals surface area contributed by atoms with Crippen molar-refractivity contribution in [1.82, 2.24) is 10.6 Å². The van der Waals surface area contributed by atoms with Gasteiger partial charge >= 0.3 is 0 Å². The Labute approximate surface area is 178 Å². The lowest BCUT2D eigenvalue weighted by atomic mass is 10.2. The van der Waals surface area contributed by atoms with Gasteiger partial charge in [0.2, 0.25) is 0 Å². The molecule has 27 heavy (non-hydrogen) atoms. The van der Waals surface area contributed by atoms with E-state index in [1.165, 1.54) is 0 Å². The monoisotopic (exact) mass is 476 g/mol. The molecule has 0 bridgehead atoms. The summed E-state index contributed by atoms with van der Waals surface area (Å²) in [6, 6.07) is 9.17. The molecule has 0 fully saturated rings. The molecule has 0 radical (unpaired) electrons. The second-order valence-electron chi connectivity index (χ2n) is 5.73. The molecule has 0 saturated carbocycles. The third-order valence-electron chi connectivity index (χ3n) is 3.85. The SMILES string of the molecule is COc1cc(CNCCNCCO)c(Br)cc1OCc1c(Cl)cccc1Cl. The average Bonchev–Trinajstić information content (AvgIpc) is 2.65. The molecule has 0 heterocycles. The number of ether oxygens (including phenoxy) is 2. The Morgan fingerprint density at radius 1 is 1.04 bits per heavy atom. The number of nitrogens with one attached hydrogen (secondary N) is 2. The Morgan fingerprint density at radius 2 is 1.74 bits per heavy atom. The molecule has 5 nitrogen and oxygen atoms in total. The van der Waals surface area contributed by atoms with E-state index < -0.39 is 0 Å². The molecule has 0 aliphatic heterocycles. The Hall–Kier alpha value is -1.02. The van der Waals surface area contributed by atoms with E-state index in [0.717, 1.165) is 28.7 Å². The summed E-state index contributed by atoms with van der Waals surface area (Å²) < 4.78 is 12.3. The number of hydrogen-bond donors (Lipinski definition) is 3. The molecule has 0 amide bonds. The molecule has 148 valence electrons. The Balaban J connectivity index is 2.00. The van der Waals surface area contributed by atoms with Crippen molar-refractivity contribution >= 4 is 39.1 Å². The van der Waals surface area contributed by atoms with E-state index in [4.69, 9.17) is 37.8 Å². The van der Waals surface area contributed by atoms with Crippen LogP contribution in [-0.2, 0) is 13.2 Å². The lowest BCUT2D eigenvalue weighted by Crippen LogP contribution is -2.28. The van der Waals surface area contributed by atoms with Crippen molar-refractivity contribution in [3.63, 3.8) is 0 Å². The quantitative estimate of drug-likeness (QED) is 0.427. The summed E-state index contributed by atoms with van der Waals surface area (Å²) in [4.78, 5) is 0. The van der Waals surface area contributed by atoms with Crippen LogP contribution in [0.1, 0.15) is 11.1 Å². The number of hydrogen-bond acceptors (Lipinski definition) is 5. The fourth-order valence-electron chi connectivity index (χ4n) is 2.41. The van der Waals surface area contributed by atoms with Crippen molar-refractivity contribution in [2.24, 2.45) is 0 Å². The zero-order valence-electron chi connectivity index (χ0n) is 15.0. The zero-order valence-corrected chi connectivity index (χ0v) is 18.1. The number of benzene rings is 2. The van der Waals surface area contributed by atoms with Gasteiger partial charge in [0, 0.05) is 46.3 Å². The molecular weight excluding hydrogens is 455 g/mol. The van der Waals surface area contributed by atoms with E-state index >= 15 is 0 Å². The highest BCUT2D eigenvalue weighted by Crippen LogP contribution is 2.35. The van der Waals surface area contributed by atoms with Crippen molar-refractivity contribution in [2.75, 3.05) is 33.4 Å². The molecule has 0 aliphatic rings. The molecular formula is C19H23BrCl2N2O3. The van der Waals surface area contributed by atoms with Gasteiger partial charge in [-0.1, -0.05) is 45.2 Å². The summed E-state index contributed by atoms with van der Waals surface area (Å²) in [5.74, 6) is 1.24. The van der Waals surface area contributed by atoms with E-state index in [9.17, 15) is 0 Å². The summed E-state index contributed by atoms with van der Waals surface area (Å²) in [5.41, 5.74) is 1.79. The first-order chi connectivity index (χ1) is 13.1. The second kappa shape index (κ2) is 11.7. The van der Waals surface area contributed by atoms with Crippen molar-refractivity contribution < 1.29 is 14.6 Å². The average molecular weight is 478 g/mol. The van der Waals surface area contributed by atoms with Gasteiger partial charge in [-0.3, -0.25) is 0 Å². The highest BCUT2D eigenvalue weighted by atomic mass is 79.9. The normalized spacial score (nSPS) is 10.9. The van der Waals surface area contributed by atoms with Crippen LogP contribution < -0.4 is 20.1 Å². The topological polar surface area (TPSA) is 62.8 Å². The number of aliphatic hydroxyl groups is 1. The Morgan fingerprint density at radius 3 is 2.41 bits per heavy atom. The number of methoxy groups -OCH3 is 1. The van der Waals surface area contributed by atoms with Crippen LogP contribution in [0.2, 0.25) is 10.0 Å². The lowest BCUT2D eigenvalue weighted by molar-refractivity contribution is 0.284. The molecule has 2 aromatic rings. The maximum atomic E-state index is 8.74. The maximum Gasteiger partial charge on any atom is 0.162 e. The van der Waals surface area contributed by atoms with Crippen LogP contribution in [-0.4, -0.2) is 38.5 Å². The van der Waals surface area contributed by atoms with Crippen molar-refractivity contribution in [3.8, 4) is 11.5 Å². The van der Waals surface area contributed by atoms with Crippen LogP contribution in [0.15, 0.2) is 34.8 Å². The van der Waals surface area contributed by atoms with Crippen LogP contribution in [0.4, 0.5) is 0 Å². The van der Waals surface area contributed by atoms with Gasteiger partial charge in [0.1, 0.15) is 6.61 Å². The minimum Gasteiger partial charge on any atom is -0.493 e. The van der Waals surface area contributed by atoms with Crippen LogP contribution >= 0.6 is 39.1 Å². The van der Waals surface area contributed by atoms with Crippen LogP contribution in [0.25, 0.3) is 0 Å². The maximum absolute atomic E-state index is 8.74. The summed E-state index contributed by atoms with van der Waals surface area (Å²) in [7, 11) is 1.61. The lowest BCUT2D eigenvalue weighted by Gasteiger charge is -2.15. The fourth-order valence-corrected chi connectivity index (χ4v) is 3.38. The first kappa shape index (κ1) is 22.3. The highest BCUT2D eigenvalue weighted by Gasteiger charge is 2.12. The predicted octanol–water partition coefficient (Wildman–Crippen LogP) is 4.02. The molecule has 8 heteroatoms. The molecule has 0 aliphatic carbocycles. The minimum absolute atomic E-state index is 0.142. The smallest absolute Gasteiger partial charge is 0.162 e. The number of aliphatic hydroxyl groups excluding tert-OH is 1. The van der Waals surface area contributed by atoms with Crippen LogP contribution in [0.3, 0.4) is 0 Å². The van der Waals surface area contributed by atoms with Crippen molar-refractivity contribution in [3.05, 3.63) is 56.0 Å². The van der Waals surface area contributed by atoms with E-state index in [2.05, 4.69) is 26.6 Å². The number of halogens is 3. The van der Waals surface area contributed by atoms with Gasteiger partial charge in [-0.15, -0.1) is 0 Å². The van der Waals surface area contributed by atoms with Gasteiger partial charge in [0.05, 0.1) is 13.7 Å². The summed E-state index contributed by atoms with van der Waals surface area (Å²) in [6.07, 6.45) is 0. The summed E-state index contributed by atoms with van der Waals surface area (Å²) in [5, 5.41) is 16.3. The largest absolute Gasteiger partial charge is 0.493 e. The van der Waals surface area contributed by atoms with Gasteiger partial charge in [-0.05, 0) is 29.8 Å². The summed E-state index contributed by atoms with van der Waals surface area (Å²) >= 11 is 16.0. The third kappa shape index (κ3) is 6.82. The van der Waals surface area contributed by atoms with Crippen LogP contribution in [0, 0.1) is 0 Å². The molecule has 0 aromatic heterocycles. The van der Waals surface area contributed by atoms with E-state index in [1.807, 2.05) is 12.1 Å². The molecule has 0 atom stereocenters. The standard InChI is InChI=1S/C19H23BrCl2N2O3/c1-26-18-9-13(11-24-6-5-23-7-8-25)15(20)10-19(18)27-12-14-16(21)3-2-4-17(14)22/h2-4,9-10,23-25H,5-8,11-12H2,1H3. The van der Waals surface area contributed by atoms with Gasteiger partial charge in [-0.25, -0.2) is 0 Å². The minimum atomic E-state index is 0.142. The van der Waals surface area contributed by atoms with E-state index in [-0.39, 0.29) is 13.2 Å². The van der Waals surface area contributed by atoms with Gasteiger partial charge in [0.25, 0.3) is 0 Å². The van der Waals surface area contributed by atoms with Crippen molar-refractivity contribution in [1.29, 1.82) is 0 Å². The molecule has 3 N–H and O–H groups in total. The van der Waals surface area contributed by atoms with E-state index in [1.54, 1.807) is 25.3 Å². The van der Waals surface area contributed by atoms with Gasteiger partial charge < -0.3 is 25.2 Å². The highest BCUT2D eigenvalue weighted by molar-refractivity contribution is 9.10. The van der Waals surface area contributed by atoms with Crippen LogP contribution in [0.5, 0.6) is 11.5 Å². The zero-order chi connectivity index (χ0) is 19.6. The van der Waals surface area contributed by atoms with Gasteiger partial charge in [0.15, 0.2) is 11.5 Å². The molecule has 0 spiro atoms. The molecule has 0 saturated heterocycles. The molecule has 2 rings (SSSR count).